The first-order valence-electron chi connectivity index (χ1n) is 5.79. The minimum absolute atomic E-state index is 0.0491. The lowest BCUT2D eigenvalue weighted by atomic mass is 10.2. The molecule has 0 radical (unpaired) electrons. The van der Waals surface area contributed by atoms with Crippen LogP contribution < -0.4 is 0 Å². The molecule has 0 saturated carbocycles. The number of rotatable bonds is 4. The van der Waals surface area contributed by atoms with Crippen LogP contribution in [0.25, 0.3) is 0 Å². The lowest BCUT2D eigenvalue weighted by molar-refractivity contribution is 0.0695. The second-order valence-corrected chi connectivity index (χ2v) is 4.29. The van der Waals surface area contributed by atoms with Crippen molar-refractivity contribution in [3.63, 3.8) is 0 Å². The van der Waals surface area contributed by atoms with E-state index in [-0.39, 0.29) is 23.7 Å². The molecule has 104 valence electrons. The molecule has 1 heterocycles. The van der Waals surface area contributed by atoms with Crippen molar-refractivity contribution < 1.29 is 23.5 Å². The Bertz CT molecular complexity index is 633. The van der Waals surface area contributed by atoms with Gasteiger partial charge in [0.25, 0.3) is 5.91 Å². The molecular formula is C14H12FNO4. The molecule has 2 aromatic rings. The Morgan fingerprint density at radius 1 is 1.30 bits per heavy atom. The second-order valence-electron chi connectivity index (χ2n) is 4.29. The fourth-order valence-corrected chi connectivity index (χ4v) is 1.68. The van der Waals surface area contributed by atoms with E-state index in [1.54, 1.807) is 19.2 Å². The summed E-state index contributed by atoms with van der Waals surface area (Å²) in [5.41, 5.74) is 0.677. The highest BCUT2D eigenvalue weighted by Crippen LogP contribution is 2.12. The lowest BCUT2D eigenvalue weighted by Crippen LogP contribution is -2.25. The quantitative estimate of drug-likeness (QED) is 0.931. The van der Waals surface area contributed by atoms with Gasteiger partial charge in [-0.1, -0.05) is 12.1 Å². The highest BCUT2D eigenvalue weighted by atomic mass is 19.1. The molecule has 20 heavy (non-hydrogen) atoms. The molecule has 0 unspecified atom stereocenters. The van der Waals surface area contributed by atoms with Crippen molar-refractivity contribution in [3.8, 4) is 0 Å². The van der Waals surface area contributed by atoms with Gasteiger partial charge in [-0.2, -0.15) is 0 Å². The molecule has 0 aliphatic carbocycles. The van der Waals surface area contributed by atoms with Crippen LogP contribution in [0.4, 0.5) is 4.39 Å². The highest BCUT2D eigenvalue weighted by Gasteiger charge is 2.18. The third-order valence-electron chi connectivity index (χ3n) is 2.74. The third-order valence-corrected chi connectivity index (χ3v) is 2.74. The molecule has 1 N–H and O–H groups in total. The van der Waals surface area contributed by atoms with E-state index < -0.39 is 11.9 Å². The zero-order valence-corrected chi connectivity index (χ0v) is 10.7. The zero-order valence-electron chi connectivity index (χ0n) is 10.7. The maximum absolute atomic E-state index is 12.8. The maximum atomic E-state index is 12.8. The molecule has 6 heteroatoms. The van der Waals surface area contributed by atoms with Crippen molar-refractivity contribution in [3.05, 3.63) is 59.3 Å². The topological polar surface area (TPSA) is 70.8 Å². The van der Waals surface area contributed by atoms with Crippen LogP contribution in [0.3, 0.4) is 0 Å². The van der Waals surface area contributed by atoms with E-state index in [1.807, 2.05) is 0 Å². The van der Waals surface area contributed by atoms with Crippen LogP contribution in [0.2, 0.25) is 0 Å². The van der Waals surface area contributed by atoms with Crippen molar-refractivity contribution in [2.45, 2.75) is 6.54 Å². The van der Waals surface area contributed by atoms with E-state index in [9.17, 15) is 14.0 Å². The Balaban J connectivity index is 2.07. The molecular weight excluding hydrogens is 265 g/mol. The molecule has 0 saturated heterocycles. The maximum Gasteiger partial charge on any atom is 0.338 e. The van der Waals surface area contributed by atoms with Gasteiger partial charge in [-0.15, -0.1) is 0 Å². The number of halogens is 1. The van der Waals surface area contributed by atoms with Crippen molar-refractivity contribution in [1.29, 1.82) is 0 Å². The predicted molar refractivity (Wildman–Crippen MR) is 67.9 cm³/mol. The molecule has 2 rings (SSSR count). The van der Waals surface area contributed by atoms with Crippen molar-refractivity contribution in [2.24, 2.45) is 0 Å². The van der Waals surface area contributed by atoms with Crippen LogP contribution in [-0.2, 0) is 6.54 Å². The van der Waals surface area contributed by atoms with Crippen LogP contribution in [0.15, 0.2) is 41.0 Å². The van der Waals surface area contributed by atoms with E-state index in [4.69, 9.17) is 9.52 Å². The Morgan fingerprint density at radius 2 is 1.95 bits per heavy atom. The average Bonchev–Trinajstić information content (AvgIpc) is 2.90. The fourth-order valence-electron chi connectivity index (χ4n) is 1.68. The monoisotopic (exact) mass is 277 g/mol. The van der Waals surface area contributed by atoms with Crippen LogP contribution in [0, 0.1) is 5.82 Å². The smallest absolute Gasteiger partial charge is 0.338 e. The Hall–Kier alpha value is -2.63. The van der Waals surface area contributed by atoms with Gasteiger partial charge >= 0.3 is 5.97 Å². The van der Waals surface area contributed by atoms with Gasteiger partial charge in [0, 0.05) is 19.7 Å². The number of hydrogen-bond acceptors (Lipinski definition) is 3. The van der Waals surface area contributed by atoms with Gasteiger partial charge < -0.3 is 14.4 Å². The van der Waals surface area contributed by atoms with Gasteiger partial charge in [-0.05, 0) is 17.7 Å². The summed E-state index contributed by atoms with van der Waals surface area (Å²) < 4.78 is 17.7. The average molecular weight is 277 g/mol. The predicted octanol–water partition coefficient (Wildman–Crippen LogP) is 2.39. The first kappa shape index (κ1) is 13.8. The molecule has 0 aliphatic rings. The Kier molecular flexibility index (Phi) is 3.84. The summed E-state index contributed by atoms with van der Waals surface area (Å²) in [4.78, 5) is 24.1. The first-order valence-corrected chi connectivity index (χ1v) is 5.79. The van der Waals surface area contributed by atoms with E-state index in [2.05, 4.69) is 0 Å². The second kappa shape index (κ2) is 5.56. The van der Waals surface area contributed by atoms with Crippen LogP contribution >= 0.6 is 0 Å². The van der Waals surface area contributed by atoms with Gasteiger partial charge in [0.05, 0.1) is 5.56 Å². The van der Waals surface area contributed by atoms with Crippen molar-refractivity contribution in [2.75, 3.05) is 7.05 Å². The molecule has 1 amide bonds. The Morgan fingerprint density at radius 3 is 2.50 bits per heavy atom. The normalized spacial score (nSPS) is 10.3. The summed E-state index contributed by atoms with van der Waals surface area (Å²) in [5, 5.41) is 8.76. The number of carboxylic acid groups (broad SMARTS) is 1. The number of nitrogens with zero attached hydrogens (tertiary/aromatic N) is 1. The number of benzene rings is 1. The number of aromatic carboxylic acids is 1. The summed E-state index contributed by atoms with van der Waals surface area (Å²) in [6, 6.07) is 6.94. The highest BCUT2D eigenvalue weighted by molar-refractivity contribution is 5.95. The summed E-state index contributed by atoms with van der Waals surface area (Å²) in [6.45, 7) is 0.266. The SMILES string of the molecule is CN(Cc1ccc(F)cc1)C(=O)c1cc(C(=O)O)co1. The largest absolute Gasteiger partial charge is 0.478 e. The lowest BCUT2D eigenvalue weighted by Gasteiger charge is -2.15. The fraction of sp³-hybridized carbons (Fsp3) is 0.143. The summed E-state index contributed by atoms with van der Waals surface area (Å²) in [5.74, 6) is -2.00. The van der Waals surface area contributed by atoms with Crippen molar-refractivity contribution >= 4 is 11.9 Å². The number of carboxylic acids is 1. The summed E-state index contributed by atoms with van der Waals surface area (Å²) >= 11 is 0. The van der Waals surface area contributed by atoms with Gasteiger partial charge in [0.1, 0.15) is 12.1 Å². The molecule has 5 nitrogen and oxygen atoms in total. The molecule has 1 aromatic carbocycles. The summed E-state index contributed by atoms with van der Waals surface area (Å²) in [6.07, 6.45) is 1.02. The number of hydrogen-bond donors (Lipinski definition) is 1. The van der Waals surface area contributed by atoms with Crippen LogP contribution in [0.1, 0.15) is 26.5 Å². The number of furan rings is 1. The minimum atomic E-state index is -1.16. The zero-order chi connectivity index (χ0) is 14.7. The molecule has 0 atom stereocenters. The first-order chi connectivity index (χ1) is 9.47. The van der Waals surface area contributed by atoms with E-state index in [0.29, 0.717) is 0 Å². The van der Waals surface area contributed by atoms with E-state index in [0.717, 1.165) is 11.8 Å². The number of carbonyl (C=O) groups excluding carboxylic acids is 1. The van der Waals surface area contributed by atoms with Gasteiger partial charge in [-0.25, -0.2) is 9.18 Å². The molecule has 0 fully saturated rings. The standard InChI is InChI=1S/C14H12FNO4/c1-16(7-9-2-4-11(15)5-3-9)13(17)12-6-10(8-20-12)14(18)19/h2-6,8H,7H2,1H3,(H,18,19). The molecule has 0 spiro atoms. The van der Waals surface area contributed by atoms with Crippen LogP contribution in [0.5, 0.6) is 0 Å². The third kappa shape index (κ3) is 3.03. The summed E-state index contributed by atoms with van der Waals surface area (Å²) in [7, 11) is 1.55. The van der Waals surface area contributed by atoms with Gasteiger partial charge in [0.15, 0.2) is 5.76 Å². The number of carbonyl (C=O) groups is 2. The molecule has 0 aliphatic heterocycles. The molecule has 1 aromatic heterocycles. The van der Waals surface area contributed by atoms with Gasteiger partial charge in [0.2, 0.25) is 0 Å². The minimum Gasteiger partial charge on any atom is -0.478 e. The number of amides is 1. The Labute approximate surface area is 114 Å². The van der Waals surface area contributed by atoms with E-state index in [1.165, 1.54) is 23.1 Å². The van der Waals surface area contributed by atoms with E-state index >= 15 is 0 Å². The van der Waals surface area contributed by atoms with Crippen molar-refractivity contribution in [1.82, 2.24) is 4.90 Å². The van der Waals surface area contributed by atoms with Gasteiger partial charge in [-0.3, -0.25) is 4.79 Å². The molecule has 0 bridgehead atoms. The van der Waals surface area contributed by atoms with Crippen LogP contribution in [-0.4, -0.2) is 28.9 Å².